The summed E-state index contributed by atoms with van der Waals surface area (Å²) in [6.07, 6.45) is 7.51. The second-order valence-electron chi connectivity index (χ2n) is 11.0. The van der Waals surface area contributed by atoms with Crippen molar-refractivity contribution in [3.63, 3.8) is 0 Å². The number of methoxy groups -OCH3 is 1. The number of benzene rings is 1. The summed E-state index contributed by atoms with van der Waals surface area (Å²) < 4.78 is 28.3. The fraction of sp³-hybridized carbons (Fsp3) is 0.600. The summed E-state index contributed by atoms with van der Waals surface area (Å²) >= 11 is 0. The molecule has 214 valence electrons. The van der Waals surface area contributed by atoms with Crippen LogP contribution in [0.1, 0.15) is 66.4 Å². The van der Waals surface area contributed by atoms with Gasteiger partial charge >= 0.3 is 11.9 Å². The molecule has 0 aliphatic heterocycles. The van der Waals surface area contributed by atoms with Crippen molar-refractivity contribution in [1.82, 2.24) is 0 Å². The van der Waals surface area contributed by atoms with Crippen LogP contribution in [0.4, 0.5) is 0 Å². The van der Waals surface area contributed by atoms with E-state index in [0.29, 0.717) is 32.5 Å². The van der Waals surface area contributed by atoms with Gasteiger partial charge in [0.2, 0.25) is 0 Å². The van der Waals surface area contributed by atoms with Gasteiger partial charge in [-0.15, -0.1) is 0 Å². The van der Waals surface area contributed by atoms with E-state index >= 15 is 0 Å². The molecular weight excluding hydrogens is 500 g/mol. The number of hydrogen-bond acceptors (Lipinski definition) is 7. The third-order valence-electron chi connectivity index (χ3n) is 6.53. The molecule has 0 spiro atoms. The van der Waals surface area contributed by atoms with Crippen molar-refractivity contribution < 1.29 is 33.0 Å². The molecule has 0 aromatic heterocycles. The van der Waals surface area contributed by atoms with Crippen LogP contribution in [0.5, 0.6) is 5.75 Å². The Balaban J connectivity index is 2.70. The lowest BCUT2D eigenvalue weighted by atomic mass is 10.1. The van der Waals surface area contributed by atoms with Gasteiger partial charge in [-0.1, -0.05) is 45.1 Å². The minimum absolute atomic E-state index is 0.0292. The fourth-order valence-electron chi connectivity index (χ4n) is 3.33. The lowest BCUT2D eigenvalue weighted by molar-refractivity contribution is -0.142. The molecule has 0 unspecified atom stereocenters. The minimum atomic E-state index is -2.03. The Bertz CT molecular complexity index is 900. The second kappa shape index (κ2) is 16.5. The molecular formula is C30H48O7Si. The Hall–Kier alpha value is -2.42. The average molecular weight is 549 g/mol. The molecule has 0 aliphatic carbocycles. The molecule has 7 nitrogen and oxygen atoms in total. The van der Waals surface area contributed by atoms with E-state index in [1.54, 1.807) is 27.0 Å². The van der Waals surface area contributed by atoms with Crippen molar-refractivity contribution in [3.05, 3.63) is 54.1 Å². The number of hydrogen-bond donors (Lipinski definition) is 0. The molecule has 0 aliphatic rings. The Labute approximate surface area is 230 Å². The zero-order valence-corrected chi connectivity index (χ0v) is 25.7. The zero-order chi connectivity index (χ0) is 28.8. The van der Waals surface area contributed by atoms with Gasteiger partial charge < -0.3 is 23.4 Å². The quantitative estimate of drug-likeness (QED) is 0.128. The van der Waals surface area contributed by atoms with Crippen molar-refractivity contribution >= 4 is 20.3 Å². The molecule has 0 N–H and O–H groups in total. The zero-order valence-electron chi connectivity index (χ0n) is 24.7. The number of carbonyl (C=O) groups is 2. The summed E-state index contributed by atoms with van der Waals surface area (Å²) in [5, 5.41) is 0.0631. The lowest BCUT2D eigenvalue weighted by Gasteiger charge is -2.39. The first-order valence-corrected chi connectivity index (χ1v) is 16.3. The predicted molar refractivity (Wildman–Crippen MR) is 154 cm³/mol. The van der Waals surface area contributed by atoms with Gasteiger partial charge in [-0.3, -0.25) is 0 Å². The highest BCUT2D eigenvalue weighted by Crippen LogP contribution is 2.38. The van der Waals surface area contributed by atoms with Gasteiger partial charge in [0.15, 0.2) is 8.32 Å². The van der Waals surface area contributed by atoms with Crippen LogP contribution < -0.4 is 4.74 Å². The van der Waals surface area contributed by atoms with Crippen molar-refractivity contribution in [3.8, 4) is 5.75 Å². The molecule has 0 heterocycles. The van der Waals surface area contributed by atoms with E-state index < -0.39 is 20.3 Å². The van der Waals surface area contributed by atoms with Crippen LogP contribution in [0.15, 0.2) is 48.6 Å². The van der Waals surface area contributed by atoms with Crippen LogP contribution in [0.2, 0.25) is 18.1 Å². The molecule has 0 radical (unpaired) electrons. The maximum Gasteiger partial charge on any atom is 0.330 e. The van der Waals surface area contributed by atoms with Crippen LogP contribution in [0.3, 0.4) is 0 Å². The molecule has 8 heteroatoms. The van der Waals surface area contributed by atoms with E-state index in [1.807, 2.05) is 30.3 Å². The summed E-state index contributed by atoms with van der Waals surface area (Å²) in [6, 6.07) is 7.84. The summed E-state index contributed by atoms with van der Waals surface area (Å²) in [7, 11) is -0.381. The number of carbonyl (C=O) groups excluding carboxylic acids is 2. The normalized spacial score (nSPS) is 14.9. The van der Waals surface area contributed by atoms with Crippen molar-refractivity contribution in [2.24, 2.45) is 0 Å². The summed E-state index contributed by atoms with van der Waals surface area (Å²) in [4.78, 5) is 23.7. The molecule has 1 aromatic carbocycles. The van der Waals surface area contributed by atoms with Gasteiger partial charge in [0.1, 0.15) is 11.9 Å². The first kappa shape index (κ1) is 33.6. The van der Waals surface area contributed by atoms with E-state index in [4.69, 9.17) is 23.4 Å². The number of ether oxygens (including phenoxy) is 4. The molecule has 1 rings (SSSR count). The van der Waals surface area contributed by atoms with Gasteiger partial charge in [-0.05, 0) is 69.4 Å². The van der Waals surface area contributed by atoms with Crippen LogP contribution in [0, 0.1) is 0 Å². The van der Waals surface area contributed by atoms with Crippen molar-refractivity contribution in [2.45, 2.75) is 104 Å². The standard InChI is InChI=1S/C30H48O7Si/c1-10-34-28(31)15-11-13-23(2)36-29(32)16-12-14-27(37-38(8,9)30(4,5)6)21-24(3)35-22-25-17-19-26(33-7)20-18-25/h11-12,15-20,23-24,27H,10,13-14,21-22H2,1-9H3/b15-11+,16-12+/t23-,24-,27+/m1/s1. The van der Waals surface area contributed by atoms with E-state index in [9.17, 15) is 9.59 Å². The van der Waals surface area contributed by atoms with Crippen LogP contribution in [-0.2, 0) is 34.8 Å². The van der Waals surface area contributed by atoms with Crippen molar-refractivity contribution in [2.75, 3.05) is 13.7 Å². The third-order valence-corrected chi connectivity index (χ3v) is 11.1. The van der Waals surface area contributed by atoms with Gasteiger partial charge in [-0.25, -0.2) is 9.59 Å². The summed E-state index contributed by atoms with van der Waals surface area (Å²) in [5.74, 6) is -0.00435. The Kier molecular flexibility index (Phi) is 14.6. The fourth-order valence-corrected chi connectivity index (χ4v) is 4.71. The largest absolute Gasteiger partial charge is 0.497 e. The highest BCUT2D eigenvalue weighted by Gasteiger charge is 2.39. The predicted octanol–water partition coefficient (Wildman–Crippen LogP) is 6.77. The minimum Gasteiger partial charge on any atom is -0.497 e. The molecule has 38 heavy (non-hydrogen) atoms. The first-order chi connectivity index (χ1) is 17.8. The van der Waals surface area contributed by atoms with Crippen LogP contribution in [0.25, 0.3) is 0 Å². The van der Waals surface area contributed by atoms with Crippen LogP contribution in [-0.4, -0.2) is 52.3 Å². The van der Waals surface area contributed by atoms with E-state index in [-0.39, 0.29) is 23.4 Å². The Morgan fingerprint density at radius 1 is 0.947 bits per heavy atom. The molecule has 0 amide bonds. The average Bonchev–Trinajstić information content (AvgIpc) is 2.82. The Morgan fingerprint density at radius 3 is 2.13 bits per heavy atom. The van der Waals surface area contributed by atoms with Gasteiger partial charge in [-0.2, -0.15) is 0 Å². The summed E-state index contributed by atoms with van der Waals surface area (Å²) in [5.41, 5.74) is 1.08. The molecule has 3 atom stereocenters. The Morgan fingerprint density at radius 2 is 1.55 bits per heavy atom. The lowest BCUT2D eigenvalue weighted by Crippen LogP contribution is -2.44. The maximum absolute atomic E-state index is 12.3. The van der Waals surface area contributed by atoms with Gasteiger partial charge in [0.05, 0.1) is 32.5 Å². The molecule has 0 fully saturated rings. The van der Waals surface area contributed by atoms with E-state index in [0.717, 1.165) is 11.3 Å². The second-order valence-corrected chi connectivity index (χ2v) is 15.7. The maximum atomic E-state index is 12.3. The number of esters is 2. The van der Waals surface area contributed by atoms with Crippen molar-refractivity contribution in [1.29, 1.82) is 0 Å². The molecule has 0 saturated heterocycles. The summed E-state index contributed by atoms with van der Waals surface area (Å²) in [6.45, 7) is 17.5. The topological polar surface area (TPSA) is 80.3 Å². The highest BCUT2D eigenvalue weighted by atomic mass is 28.4. The highest BCUT2D eigenvalue weighted by molar-refractivity contribution is 6.74. The van der Waals surface area contributed by atoms with Gasteiger partial charge in [0.25, 0.3) is 0 Å². The monoisotopic (exact) mass is 548 g/mol. The van der Waals surface area contributed by atoms with E-state index in [1.165, 1.54) is 12.2 Å². The molecule has 0 bridgehead atoms. The third kappa shape index (κ3) is 13.4. The molecule has 1 aromatic rings. The SMILES string of the molecule is CCOC(=O)/C=C/C[C@@H](C)OC(=O)/C=C/C[C@@H](C[C@@H](C)OCc1ccc(OC)cc1)O[Si](C)(C)C(C)(C)C. The van der Waals surface area contributed by atoms with Gasteiger partial charge in [0, 0.05) is 18.6 Å². The first-order valence-electron chi connectivity index (χ1n) is 13.4. The molecule has 0 saturated carbocycles. The van der Waals surface area contributed by atoms with E-state index in [2.05, 4.69) is 40.8 Å². The smallest absolute Gasteiger partial charge is 0.330 e. The van der Waals surface area contributed by atoms with Crippen LogP contribution >= 0.6 is 0 Å². The number of rotatable bonds is 16.